The van der Waals surface area contributed by atoms with Crippen LogP contribution in [0, 0.1) is 11.7 Å². The molecule has 1 N–H and O–H groups in total. The van der Waals surface area contributed by atoms with Crippen LogP contribution in [0.3, 0.4) is 0 Å². The van der Waals surface area contributed by atoms with Crippen LogP contribution in [0.1, 0.15) is 75.7 Å². The number of hydrogen-bond acceptors (Lipinski definition) is 8. The summed E-state index contributed by atoms with van der Waals surface area (Å²) in [6, 6.07) is 10.2. The molecule has 0 aromatic heterocycles. The maximum Gasteiger partial charge on any atom is 0.494 e. The van der Waals surface area contributed by atoms with Gasteiger partial charge in [0, 0.05) is 50.4 Å². The smallest absolute Gasteiger partial charge is 0.399 e. The molecule has 260 valence electrons. The van der Waals surface area contributed by atoms with Gasteiger partial charge in [0.15, 0.2) is 0 Å². The second-order valence-corrected chi connectivity index (χ2v) is 15.1. The predicted octanol–water partition coefficient (Wildman–Crippen LogP) is 2.84. The minimum atomic E-state index is -0.725. The lowest BCUT2D eigenvalue weighted by atomic mass is 9.79. The van der Waals surface area contributed by atoms with Crippen LogP contribution in [0.25, 0.3) is 0 Å². The normalized spacial score (nSPS) is 24.6. The monoisotopic (exact) mass is 673 g/mol. The van der Waals surface area contributed by atoms with Gasteiger partial charge in [-0.3, -0.25) is 29.4 Å². The lowest BCUT2D eigenvalue weighted by Crippen LogP contribution is -2.52. The van der Waals surface area contributed by atoms with Gasteiger partial charge in [-0.15, -0.1) is 0 Å². The first-order valence-corrected chi connectivity index (χ1v) is 17.5. The van der Waals surface area contributed by atoms with E-state index in [0.717, 1.165) is 43.5 Å². The lowest BCUT2D eigenvalue weighted by molar-refractivity contribution is -0.137. The van der Waals surface area contributed by atoms with E-state index in [1.807, 2.05) is 61.8 Å². The average molecular weight is 674 g/mol. The first-order valence-electron chi connectivity index (χ1n) is 17.5. The third-order valence-corrected chi connectivity index (χ3v) is 11.4. The molecular formula is C36H45BFN5O6. The van der Waals surface area contributed by atoms with E-state index in [1.54, 1.807) is 6.07 Å². The summed E-state index contributed by atoms with van der Waals surface area (Å²) in [6.45, 7) is 12.4. The number of hydrogen-bond donors (Lipinski definition) is 1. The van der Waals surface area contributed by atoms with Gasteiger partial charge in [-0.1, -0.05) is 12.1 Å². The first kappa shape index (κ1) is 33.7. The molecule has 4 fully saturated rings. The number of rotatable bonds is 7. The Kier molecular flexibility index (Phi) is 8.81. The molecule has 2 aromatic rings. The molecule has 0 aliphatic carbocycles. The second-order valence-electron chi connectivity index (χ2n) is 15.1. The van der Waals surface area contributed by atoms with Crippen molar-refractivity contribution in [3.63, 3.8) is 0 Å². The van der Waals surface area contributed by atoms with Crippen LogP contribution in [0.15, 0.2) is 36.4 Å². The minimum Gasteiger partial charge on any atom is -0.399 e. The predicted molar refractivity (Wildman–Crippen MR) is 183 cm³/mol. The summed E-state index contributed by atoms with van der Waals surface area (Å²) in [4.78, 5) is 57.9. The van der Waals surface area contributed by atoms with Crippen LogP contribution < -0.4 is 20.6 Å². The van der Waals surface area contributed by atoms with E-state index in [2.05, 4.69) is 10.2 Å². The summed E-state index contributed by atoms with van der Waals surface area (Å²) in [6.07, 6.45) is 3.25. The summed E-state index contributed by atoms with van der Waals surface area (Å²) in [5, 5.41) is 2.31. The molecule has 2 aromatic carbocycles. The number of fused-ring (bicyclic) bond motifs is 1. The number of nitrogens with zero attached hydrogens (tertiary/aromatic N) is 4. The summed E-state index contributed by atoms with van der Waals surface area (Å²) in [5.74, 6) is -1.07. The highest BCUT2D eigenvalue weighted by atomic mass is 19.1. The van der Waals surface area contributed by atoms with Crippen LogP contribution >= 0.6 is 0 Å². The Labute approximate surface area is 287 Å². The number of piperazine rings is 1. The fraction of sp³-hybridized carbons (Fsp3) is 0.556. The highest BCUT2D eigenvalue weighted by Crippen LogP contribution is 2.37. The van der Waals surface area contributed by atoms with Crippen LogP contribution in [-0.4, -0.2) is 97.1 Å². The van der Waals surface area contributed by atoms with Gasteiger partial charge in [0.25, 0.3) is 5.91 Å². The van der Waals surface area contributed by atoms with E-state index in [4.69, 9.17) is 9.31 Å². The Bertz CT molecular complexity index is 1660. The number of halogens is 1. The lowest BCUT2D eigenvalue weighted by Gasteiger charge is -2.37. The number of carbonyl (C=O) groups is 4. The average Bonchev–Trinajstić information content (AvgIpc) is 3.49. The number of benzene rings is 2. The molecule has 49 heavy (non-hydrogen) atoms. The summed E-state index contributed by atoms with van der Waals surface area (Å²) < 4.78 is 27.8. The number of imide groups is 1. The molecule has 0 spiro atoms. The van der Waals surface area contributed by atoms with Crippen molar-refractivity contribution in [2.24, 2.45) is 5.92 Å². The van der Waals surface area contributed by atoms with Gasteiger partial charge < -0.3 is 24.0 Å². The van der Waals surface area contributed by atoms with E-state index in [1.165, 1.54) is 11.0 Å². The molecular weight excluding hydrogens is 628 g/mol. The van der Waals surface area contributed by atoms with Gasteiger partial charge >= 0.3 is 7.12 Å². The Hall–Kier alpha value is -3.81. The van der Waals surface area contributed by atoms with E-state index in [9.17, 15) is 19.2 Å². The third-order valence-electron chi connectivity index (χ3n) is 11.4. The number of carbonyl (C=O) groups excluding carboxylic acids is 4. The van der Waals surface area contributed by atoms with Gasteiger partial charge in [0.2, 0.25) is 17.7 Å². The van der Waals surface area contributed by atoms with Crippen molar-refractivity contribution in [2.75, 3.05) is 49.1 Å². The van der Waals surface area contributed by atoms with Crippen LogP contribution in [-0.2, 0) is 30.2 Å². The molecule has 13 heteroatoms. The maximum atomic E-state index is 15.3. The van der Waals surface area contributed by atoms with E-state index < -0.39 is 36.1 Å². The Morgan fingerprint density at radius 1 is 0.918 bits per heavy atom. The van der Waals surface area contributed by atoms with Crippen molar-refractivity contribution in [3.8, 4) is 0 Å². The third kappa shape index (κ3) is 6.48. The molecule has 11 nitrogen and oxygen atoms in total. The molecule has 5 aliphatic rings. The molecule has 1 atom stereocenters. The zero-order valence-corrected chi connectivity index (χ0v) is 28.8. The van der Waals surface area contributed by atoms with Crippen LogP contribution in [0.2, 0.25) is 0 Å². The van der Waals surface area contributed by atoms with Crippen LogP contribution in [0.4, 0.5) is 15.8 Å². The summed E-state index contributed by atoms with van der Waals surface area (Å²) >= 11 is 0. The van der Waals surface area contributed by atoms with E-state index in [0.29, 0.717) is 43.3 Å². The molecule has 5 aliphatic heterocycles. The van der Waals surface area contributed by atoms with E-state index >= 15 is 4.39 Å². The molecule has 5 heterocycles. The standard InChI is InChI=1S/C36H45BFN5O6/c1-35(2)36(3,4)49-37(48-35)25-6-5-7-26(19-25)42-17-16-40(22-32(42)45)13-10-23-11-14-41(15-12-23)30-18-24-21-43(34(47)27(24)20-28(30)38)29-8-9-31(44)39-33(29)46/h5-7,18-20,23,29H,8-17,21-22H2,1-4H3,(H,39,44,46). The van der Waals surface area contributed by atoms with Gasteiger partial charge in [-0.05, 0) is 101 Å². The van der Waals surface area contributed by atoms with Crippen molar-refractivity contribution >= 4 is 47.6 Å². The number of anilines is 2. The first-order chi connectivity index (χ1) is 23.3. The number of amides is 4. The molecule has 7 rings (SSSR count). The molecule has 1 unspecified atom stereocenters. The van der Waals surface area contributed by atoms with Crippen molar-refractivity contribution in [1.82, 2.24) is 15.1 Å². The van der Waals surface area contributed by atoms with Gasteiger partial charge in [-0.2, -0.15) is 0 Å². The number of nitrogens with one attached hydrogen (secondary N) is 1. The Morgan fingerprint density at radius 3 is 2.35 bits per heavy atom. The zero-order chi connectivity index (χ0) is 34.7. The topological polar surface area (TPSA) is 112 Å². The van der Waals surface area contributed by atoms with Gasteiger partial charge in [0.1, 0.15) is 11.9 Å². The summed E-state index contributed by atoms with van der Waals surface area (Å²) in [7, 11) is -0.480. The Balaban J connectivity index is 0.895. The Morgan fingerprint density at radius 2 is 1.65 bits per heavy atom. The van der Waals surface area contributed by atoms with Crippen molar-refractivity contribution < 1.29 is 32.9 Å². The maximum absolute atomic E-state index is 15.3. The quantitative estimate of drug-likeness (QED) is 0.353. The van der Waals surface area contributed by atoms with Gasteiger partial charge in [0.05, 0.1) is 23.4 Å². The van der Waals surface area contributed by atoms with Crippen molar-refractivity contribution in [2.45, 2.75) is 83.6 Å². The second kappa shape index (κ2) is 12.8. The number of piperidine rings is 2. The molecule has 0 radical (unpaired) electrons. The molecule has 0 bridgehead atoms. The van der Waals surface area contributed by atoms with Crippen LogP contribution in [0.5, 0.6) is 0 Å². The fourth-order valence-electron chi connectivity index (χ4n) is 7.65. The highest BCUT2D eigenvalue weighted by molar-refractivity contribution is 6.62. The zero-order valence-electron chi connectivity index (χ0n) is 28.8. The van der Waals surface area contributed by atoms with Crippen molar-refractivity contribution in [1.29, 1.82) is 0 Å². The SMILES string of the molecule is CC1(C)OB(c2cccc(N3CCN(CCC4CCN(c5cc6c(cc5F)C(=O)N(C5CCC(=O)NC5=O)C6)CC4)CC3=O)c2)OC1(C)C. The molecule has 0 saturated carbocycles. The van der Waals surface area contributed by atoms with Crippen molar-refractivity contribution in [3.05, 3.63) is 53.3 Å². The van der Waals surface area contributed by atoms with E-state index in [-0.39, 0.29) is 42.7 Å². The molecule has 4 saturated heterocycles. The van der Waals surface area contributed by atoms with Gasteiger partial charge in [-0.25, -0.2) is 4.39 Å². The minimum absolute atomic E-state index is 0.0777. The highest BCUT2D eigenvalue weighted by Gasteiger charge is 2.52. The molecule has 4 amide bonds. The summed E-state index contributed by atoms with van der Waals surface area (Å²) in [5.41, 5.74) is 2.36. The largest absolute Gasteiger partial charge is 0.494 e. The fourth-order valence-corrected chi connectivity index (χ4v) is 7.65.